The molecule has 0 saturated carbocycles. The lowest BCUT2D eigenvalue weighted by Gasteiger charge is -2.21. The molecule has 0 atom stereocenters. The molecule has 0 bridgehead atoms. The Morgan fingerprint density at radius 3 is 2.22 bits per heavy atom. The summed E-state index contributed by atoms with van der Waals surface area (Å²) in [4.78, 5) is 27.5. The number of nitrogens with one attached hydrogen (secondary N) is 2. The van der Waals surface area contributed by atoms with Crippen LogP contribution in [0.15, 0.2) is 47.4 Å². The Bertz CT molecular complexity index is 787. The van der Waals surface area contributed by atoms with E-state index in [1.807, 2.05) is 38.1 Å². The fourth-order valence-corrected chi connectivity index (χ4v) is 3.56. The molecule has 0 fully saturated rings. The summed E-state index contributed by atoms with van der Waals surface area (Å²) in [7, 11) is 0. The zero-order valence-electron chi connectivity index (χ0n) is 16.3. The Labute approximate surface area is 165 Å². The van der Waals surface area contributed by atoms with E-state index in [1.54, 1.807) is 12.1 Å². The number of aryl methyl sites for hydroxylation is 2. The van der Waals surface area contributed by atoms with Crippen LogP contribution in [0, 0.1) is 13.8 Å². The molecule has 0 spiro atoms. The second-order valence-corrected chi connectivity index (χ2v) is 7.30. The van der Waals surface area contributed by atoms with E-state index in [0.717, 1.165) is 29.2 Å². The van der Waals surface area contributed by atoms with Crippen molar-refractivity contribution in [2.45, 2.75) is 32.6 Å². The Hall–Kier alpha value is -2.47. The van der Waals surface area contributed by atoms with Crippen molar-refractivity contribution in [1.82, 2.24) is 10.9 Å². The van der Waals surface area contributed by atoms with Gasteiger partial charge in [0.1, 0.15) is 0 Å². The van der Waals surface area contributed by atoms with Gasteiger partial charge in [-0.1, -0.05) is 17.7 Å². The molecule has 6 heteroatoms. The molecule has 2 N–H and O–H groups in total. The van der Waals surface area contributed by atoms with Gasteiger partial charge < -0.3 is 4.90 Å². The zero-order chi connectivity index (χ0) is 19.8. The molecule has 0 unspecified atom stereocenters. The summed E-state index contributed by atoms with van der Waals surface area (Å²) in [5, 5.41) is 0. The summed E-state index contributed by atoms with van der Waals surface area (Å²) < 4.78 is 0. The fraction of sp³-hybridized carbons (Fsp3) is 0.333. The molecule has 2 rings (SSSR count). The maximum absolute atomic E-state index is 12.2. The Morgan fingerprint density at radius 2 is 1.63 bits per heavy atom. The molecule has 5 nitrogen and oxygen atoms in total. The highest BCUT2D eigenvalue weighted by molar-refractivity contribution is 8.00. The van der Waals surface area contributed by atoms with E-state index in [0.29, 0.717) is 5.56 Å². The average Bonchev–Trinajstić information content (AvgIpc) is 2.67. The van der Waals surface area contributed by atoms with E-state index in [9.17, 15) is 9.59 Å². The van der Waals surface area contributed by atoms with Gasteiger partial charge in [0.05, 0.1) is 5.75 Å². The van der Waals surface area contributed by atoms with Crippen LogP contribution < -0.4 is 15.8 Å². The average molecular weight is 386 g/mol. The van der Waals surface area contributed by atoms with Crippen molar-refractivity contribution in [3.8, 4) is 0 Å². The standard InChI is InChI=1S/C21H27N3O2S/c1-5-24(6-2)18-10-8-17(9-11-18)21(26)23-22-20(25)14-27-19-12-7-15(3)13-16(19)4/h7-13H,5-6,14H2,1-4H3,(H,22,25)(H,23,26). The van der Waals surface area contributed by atoms with Gasteiger partial charge in [0, 0.05) is 29.2 Å². The third kappa shape index (κ3) is 6.03. The number of anilines is 1. The molecule has 0 aromatic heterocycles. The lowest BCUT2D eigenvalue weighted by molar-refractivity contribution is -0.119. The SMILES string of the molecule is CCN(CC)c1ccc(C(=O)NNC(=O)CSc2ccc(C)cc2C)cc1. The highest BCUT2D eigenvalue weighted by atomic mass is 32.2. The Morgan fingerprint density at radius 1 is 0.963 bits per heavy atom. The van der Waals surface area contributed by atoms with Crippen LogP contribution in [-0.4, -0.2) is 30.7 Å². The van der Waals surface area contributed by atoms with Crippen LogP contribution in [0.1, 0.15) is 35.3 Å². The minimum Gasteiger partial charge on any atom is -0.372 e. The van der Waals surface area contributed by atoms with Gasteiger partial charge in [-0.3, -0.25) is 20.4 Å². The van der Waals surface area contributed by atoms with E-state index in [1.165, 1.54) is 17.3 Å². The molecule has 2 amide bonds. The highest BCUT2D eigenvalue weighted by Crippen LogP contribution is 2.22. The first-order valence-electron chi connectivity index (χ1n) is 9.08. The lowest BCUT2D eigenvalue weighted by Crippen LogP contribution is -2.42. The first kappa shape index (κ1) is 20.8. The first-order valence-corrected chi connectivity index (χ1v) is 10.1. The third-order valence-electron chi connectivity index (χ3n) is 4.26. The summed E-state index contributed by atoms with van der Waals surface area (Å²) in [5.74, 6) is -0.329. The molecule has 0 aliphatic heterocycles. The summed E-state index contributed by atoms with van der Waals surface area (Å²) >= 11 is 1.45. The first-order chi connectivity index (χ1) is 12.9. The summed E-state index contributed by atoms with van der Waals surface area (Å²) in [6, 6.07) is 13.5. The number of carbonyl (C=O) groups is 2. The van der Waals surface area contributed by atoms with Gasteiger partial charge in [0.25, 0.3) is 5.91 Å². The van der Waals surface area contributed by atoms with Crippen LogP contribution in [0.3, 0.4) is 0 Å². The molecular weight excluding hydrogens is 358 g/mol. The van der Waals surface area contributed by atoms with Gasteiger partial charge in [0.15, 0.2) is 0 Å². The van der Waals surface area contributed by atoms with Crippen LogP contribution in [0.4, 0.5) is 5.69 Å². The number of rotatable bonds is 7. The van der Waals surface area contributed by atoms with E-state index in [-0.39, 0.29) is 17.6 Å². The summed E-state index contributed by atoms with van der Waals surface area (Å²) in [6.07, 6.45) is 0. The number of thioether (sulfide) groups is 1. The van der Waals surface area contributed by atoms with Gasteiger partial charge in [-0.05, 0) is 63.6 Å². The minimum atomic E-state index is -0.328. The van der Waals surface area contributed by atoms with Crippen molar-refractivity contribution < 1.29 is 9.59 Å². The van der Waals surface area contributed by atoms with Crippen molar-refractivity contribution in [3.05, 3.63) is 59.2 Å². The zero-order valence-corrected chi connectivity index (χ0v) is 17.2. The van der Waals surface area contributed by atoms with Crippen molar-refractivity contribution in [3.63, 3.8) is 0 Å². The van der Waals surface area contributed by atoms with Crippen LogP contribution in [0.5, 0.6) is 0 Å². The quantitative estimate of drug-likeness (QED) is 0.563. The van der Waals surface area contributed by atoms with Gasteiger partial charge in [-0.25, -0.2) is 0 Å². The van der Waals surface area contributed by atoms with Gasteiger partial charge in [-0.15, -0.1) is 11.8 Å². The smallest absolute Gasteiger partial charge is 0.269 e. The minimum absolute atomic E-state index is 0.241. The number of hydrogen-bond donors (Lipinski definition) is 2. The highest BCUT2D eigenvalue weighted by Gasteiger charge is 2.10. The summed E-state index contributed by atoms with van der Waals surface area (Å²) in [6.45, 7) is 10.1. The molecule has 0 aliphatic rings. The van der Waals surface area contributed by atoms with E-state index < -0.39 is 0 Å². The van der Waals surface area contributed by atoms with Crippen LogP contribution >= 0.6 is 11.8 Å². The topological polar surface area (TPSA) is 61.4 Å². The predicted molar refractivity (Wildman–Crippen MR) is 112 cm³/mol. The summed E-state index contributed by atoms with van der Waals surface area (Å²) in [5.41, 5.74) is 8.86. The molecule has 2 aromatic carbocycles. The largest absolute Gasteiger partial charge is 0.372 e. The van der Waals surface area contributed by atoms with E-state index >= 15 is 0 Å². The third-order valence-corrected chi connectivity index (χ3v) is 5.44. The van der Waals surface area contributed by atoms with Crippen molar-refractivity contribution >= 4 is 29.3 Å². The molecule has 144 valence electrons. The van der Waals surface area contributed by atoms with Crippen LogP contribution in [-0.2, 0) is 4.79 Å². The van der Waals surface area contributed by atoms with E-state index in [2.05, 4.69) is 35.7 Å². The van der Waals surface area contributed by atoms with Gasteiger partial charge >= 0.3 is 0 Å². The monoisotopic (exact) mass is 385 g/mol. The van der Waals surface area contributed by atoms with Crippen molar-refractivity contribution in [2.24, 2.45) is 0 Å². The molecule has 0 saturated heterocycles. The van der Waals surface area contributed by atoms with Crippen molar-refractivity contribution in [2.75, 3.05) is 23.7 Å². The Balaban J connectivity index is 1.83. The molecule has 27 heavy (non-hydrogen) atoms. The molecule has 0 radical (unpaired) electrons. The molecule has 0 heterocycles. The maximum Gasteiger partial charge on any atom is 0.269 e. The normalized spacial score (nSPS) is 10.4. The number of hydrogen-bond acceptors (Lipinski definition) is 4. The second-order valence-electron chi connectivity index (χ2n) is 6.28. The van der Waals surface area contributed by atoms with Crippen molar-refractivity contribution in [1.29, 1.82) is 0 Å². The van der Waals surface area contributed by atoms with Crippen LogP contribution in [0.2, 0.25) is 0 Å². The maximum atomic E-state index is 12.2. The number of amides is 2. The Kier molecular flexibility index (Phi) is 7.73. The number of hydrazine groups is 1. The van der Waals surface area contributed by atoms with Gasteiger partial charge in [0.2, 0.25) is 5.91 Å². The fourth-order valence-electron chi connectivity index (χ4n) is 2.75. The lowest BCUT2D eigenvalue weighted by atomic mass is 10.2. The molecule has 0 aliphatic carbocycles. The van der Waals surface area contributed by atoms with Crippen LogP contribution in [0.25, 0.3) is 0 Å². The number of benzene rings is 2. The number of carbonyl (C=O) groups excluding carboxylic acids is 2. The number of nitrogens with zero attached hydrogens (tertiary/aromatic N) is 1. The van der Waals surface area contributed by atoms with Gasteiger partial charge in [-0.2, -0.15) is 0 Å². The molecular formula is C21H27N3O2S. The molecule has 2 aromatic rings. The van der Waals surface area contributed by atoms with E-state index in [4.69, 9.17) is 0 Å². The second kappa shape index (κ2) is 10.0. The predicted octanol–water partition coefficient (Wildman–Crippen LogP) is 3.70.